The molecule has 0 atom stereocenters. The summed E-state index contributed by atoms with van der Waals surface area (Å²) in [6, 6.07) is 4.25. The van der Waals surface area contributed by atoms with Gasteiger partial charge in [-0.05, 0) is 55.1 Å². The lowest BCUT2D eigenvalue weighted by Gasteiger charge is -2.18. The van der Waals surface area contributed by atoms with Crippen molar-refractivity contribution in [3.05, 3.63) is 30.8 Å². The van der Waals surface area contributed by atoms with Crippen LogP contribution < -0.4 is 0 Å². The maximum atomic E-state index is 11.7. The van der Waals surface area contributed by atoms with Gasteiger partial charge in [0.15, 0.2) is 0 Å². The summed E-state index contributed by atoms with van der Waals surface area (Å²) in [6.07, 6.45) is 0. The molecule has 1 aliphatic rings. The lowest BCUT2D eigenvalue weighted by atomic mass is 10.2. The molecule has 0 N–H and O–H groups in total. The fraction of sp³-hybridized carbons (Fsp3) is 0.250. The predicted octanol–water partition coefficient (Wildman–Crippen LogP) is 4.86. The summed E-state index contributed by atoms with van der Waals surface area (Å²) in [4.78, 5) is 16.2. The molecule has 2 aromatic rings. The summed E-state index contributed by atoms with van der Waals surface area (Å²) in [5, 5.41) is 0. The molecule has 6 heteroatoms. The van der Waals surface area contributed by atoms with E-state index in [2.05, 4.69) is 44.0 Å². The van der Waals surface area contributed by atoms with Gasteiger partial charge in [0.1, 0.15) is 0 Å². The number of hydrogen-bond donors (Lipinski definition) is 0. The highest BCUT2D eigenvalue weighted by atomic mass is 79.9. The van der Waals surface area contributed by atoms with Gasteiger partial charge in [0, 0.05) is 20.0 Å². The Labute approximate surface area is 130 Å². The smallest absolute Gasteiger partial charge is 0.220 e. The van der Waals surface area contributed by atoms with Crippen molar-refractivity contribution in [2.75, 3.05) is 0 Å². The van der Waals surface area contributed by atoms with Crippen LogP contribution in [-0.2, 0) is 17.9 Å². The fourth-order valence-electron chi connectivity index (χ4n) is 2.10. The number of fused-ring (bicyclic) bond motifs is 3. The highest BCUT2D eigenvalue weighted by Crippen LogP contribution is 2.45. The zero-order valence-electron chi connectivity index (χ0n) is 9.50. The average Bonchev–Trinajstić information content (AvgIpc) is 2.78. The molecule has 2 aromatic heterocycles. The number of halogens is 2. The maximum Gasteiger partial charge on any atom is 0.220 e. The second-order valence-electron chi connectivity index (χ2n) is 4.18. The molecule has 1 aliphatic heterocycles. The zero-order valence-corrected chi connectivity index (χ0v) is 14.3. The van der Waals surface area contributed by atoms with Crippen LogP contribution in [0.15, 0.2) is 19.7 Å². The van der Waals surface area contributed by atoms with E-state index in [0.717, 1.165) is 7.57 Å². The number of amides is 1. The van der Waals surface area contributed by atoms with E-state index < -0.39 is 0 Å². The molecule has 0 aliphatic carbocycles. The van der Waals surface area contributed by atoms with E-state index in [1.165, 1.54) is 20.9 Å². The van der Waals surface area contributed by atoms with Gasteiger partial charge in [-0.1, -0.05) is 0 Å². The van der Waals surface area contributed by atoms with Crippen molar-refractivity contribution in [2.24, 2.45) is 0 Å². The summed E-state index contributed by atoms with van der Waals surface area (Å²) >= 11 is 10.6. The van der Waals surface area contributed by atoms with Gasteiger partial charge in [-0.25, -0.2) is 0 Å². The van der Waals surface area contributed by atoms with Crippen molar-refractivity contribution in [3.8, 4) is 9.75 Å². The van der Waals surface area contributed by atoms with E-state index in [9.17, 15) is 4.79 Å². The van der Waals surface area contributed by atoms with E-state index in [0.29, 0.717) is 13.1 Å². The van der Waals surface area contributed by atoms with Crippen molar-refractivity contribution in [3.63, 3.8) is 0 Å². The third kappa shape index (κ3) is 2.19. The third-order valence-corrected chi connectivity index (χ3v) is 6.46. The molecule has 0 saturated heterocycles. The first-order valence-electron chi connectivity index (χ1n) is 5.37. The Hall–Kier alpha value is -0.170. The summed E-state index contributed by atoms with van der Waals surface area (Å²) in [5.41, 5.74) is 2.46. The molecule has 0 unspecified atom stereocenters. The topological polar surface area (TPSA) is 20.3 Å². The van der Waals surface area contributed by atoms with Crippen LogP contribution in [0.5, 0.6) is 0 Å². The summed E-state index contributed by atoms with van der Waals surface area (Å²) in [7, 11) is 0. The molecule has 0 aromatic carbocycles. The highest BCUT2D eigenvalue weighted by molar-refractivity contribution is 9.11. The van der Waals surface area contributed by atoms with Crippen molar-refractivity contribution in [1.29, 1.82) is 0 Å². The van der Waals surface area contributed by atoms with Gasteiger partial charge in [0.2, 0.25) is 5.91 Å². The Kier molecular flexibility index (Phi) is 3.38. The van der Waals surface area contributed by atoms with E-state index in [1.807, 2.05) is 4.90 Å². The highest BCUT2D eigenvalue weighted by Gasteiger charge is 2.24. The van der Waals surface area contributed by atoms with Gasteiger partial charge < -0.3 is 4.90 Å². The van der Waals surface area contributed by atoms with Crippen LogP contribution in [0.4, 0.5) is 0 Å². The lowest BCUT2D eigenvalue weighted by molar-refractivity contribution is -0.130. The first-order chi connectivity index (χ1) is 8.54. The van der Waals surface area contributed by atoms with Gasteiger partial charge in [-0.3, -0.25) is 4.79 Å². The van der Waals surface area contributed by atoms with Crippen LogP contribution in [0.2, 0.25) is 0 Å². The Morgan fingerprint density at radius 3 is 1.94 bits per heavy atom. The predicted molar refractivity (Wildman–Crippen MR) is 83.0 cm³/mol. The van der Waals surface area contributed by atoms with Gasteiger partial charge in [0.25, 0.3) is 0 Å². The molecule has 18 heavy (non-hydrogen) atoms. The SMILES string of the molecule is CC(=O)N1Cc2cc(Br)sc2-c2sc(Br)cc2C1. The molecule has 94 valence electrons. The molecule has 0 saturated carbocycles. The van der Waals surface area contributed by atoms with Crippen molar-refractivity contribution in [2.45, 2.75) is 20.0 Å². The van der Waals surface area contributed by atoms with Gasteiger partial charge in [0.05, 0.1) is 17.3 Å². The Morgan fingerprint density at radius 1 is 1.11 bits per heavy atom. The van der Waals surface area contributed by atoms with Crippen LogP contribution in [0.25, 0.3) is 9.75 Å². The standard InChI is InChI=1S/C12H9Br2NOS2/c1-6(16)15-4-7-2-9(13)17-11(7)12-8(5-15)3-10(14)18-12/h2-3H,4-5H2,1H3. The molecule has 0 spiro atoms. The first kappa shape index (κ1) is 12.8. The summed E-state index contributed by atoms with van der Waals surface area (Å²) in [6.45, 7) is 3.03. The minimum atomic E-state index is 0.124. The van der Waals surface area contributed by atoms with Gasteiger partial charge >= 0.3 is 0 Å². The molecule has 0 fully saturated rings. The van der Waals surface area contributed by atoms with Crippen LogP contribution in [-0.4, -0.2) is 10.8 Å². The normalized spacial score (nSPS) is 14.1. The number of thiophene rings is 2. The van der Waals surface area contributed by atoms with Crippen LogP contribution in [0.3, 0.4) is 0 Å². The molecule has 3 heterocycles. The first-order valence-corrected chi connectivity index (χ1v) is 8.59. The number of nitrogens with zero attached hydrogens (tertiary/aromatic N) is 1. The van der Waals surface area contributed by atoms with Crippen LogP contribution in [0, 0.1) is 0 Å². The molecule has 2 nitrogen and oxygen atoms in total. The molecular formula is C12H9Br2NOS2. The van der Waals surface area contributed by atoms with Crippen molar-refractivity contribution >= 4 is 60.4 Å². The fourth-order valence-corrected chi connectivity index (χ4v) is 5.62. The molecule has 1 amide bonds. The van der Waals surface area contributed by atoms with E-state index in [1.54, 1.807) is 29.6 Å². The van der Waals surface area contributed by atoms with Gasteiger partial charge in [-0.15, -0.1) is 22.7 Å². The van der Waals surface area contributed by atoms with Crippen molar-refractivity contribution in [1.82, 2.24) is 4.90 Å². The van der Waals surface area contributed by atoms with E-state index in [-0.39, 0.29) is 5.91 Å². The van der Waals surface area contributed by atoms with E-state index in [4.69, 9.17) is 0 Å². The van der Waals surface area contributed by atoms with E-state index >= 15 is 0 Å². The number of rotatable bonds is 0. The number of carbonyl (C=O) groups excluding carboxylic acids is 1. The maximum absolute atomic E-state index is 11.7. The molecule has 3 rings (SSSR count). The Morgan fingerprint density at radius 2 is 1.56 bits per heavy atom. The lowest BCUT2D eigenvalue weighted by Crippen LogP contribution is -2.26. The summed E-state index contributed by atoms with van der Waals surface area (Å²) in [5.74, 6) is 0.124. The summed E-state index contributed by atoms with van der Waals surface area (Å²) < 4.78 is 2.24. The number of carbonyl (C=O) groups is 1. The largest absolute Gasteiger partial charge is 0.334 e. The Balaban J connectivity index is 2.19. The molecule has 0 bridgehead atoms. The molecule has 0 radical (unpaired) electrons. The Bertz CT molecular complexity index is 584. The second kappa shape index (κ2) is 4.74. The zero-order chi connectivity index (χ0) is 12.9. The second-order valence-corrected chi connectivity index (χ2v) is 9.05. The van der Waals surface area contributed by atoms with Crippen LogP contribution >= 0.6 is 54.5 Å². The third-order valence-electron chi connectivity index (χ3n) is 2.93. The van der Waals surface area contributed by atoms with Crippen LogP contribution in [0.1, 0.15) is 18.1 Å². The minimum absolute atomic E-state index is 0.124. The number of hydrogen-bond acceptors (Lipinski definition) is 3. The van der Waals surface area contributed by atoms with Gasteiger partial charge in [-0.2, -0.15) is 0 Å². The monoisotopic (exact) mass is 405 g/mol. The quantitative estimate of drug-likeness (QED) is 0.611. The minimum Gasteiger partial charge on any atom is -0.334 e. The molecular weight excluding hydrogens is 398 g/mol. The average molecular weight is 407 g/mol. The van der Waals surface area contributed by atoms with Crippen molar-refractivity contribution < 1.29 is 4.79 Å².